The predicted octanol–water partition coefficient (Wildman–Crippen LogP) is 2.94. The third kappa shape index (κ3) is 5.64. The maximum absolute atomic E-state index is 12.6. The summed E-state index contributed by atoms with van der Waals surface area (Å²) in [5.41, 5.74) is 0.936. The van der Waals surface area contributed by atoms with E-state index in [2.05, 4.69) is 5.32 Å². The quantitative estimate of drug-likeness (QED) is 0.796. The molecule has 2 aliphatic rings. The van der Waals surface area contributed by atoms with E-state index in [1.807, 2.05) is 37.0 Å². The molecule has 0 bridgehead atoms. The van der Waals surface area contributed by atoms with Gasteiger partial charge in [0.1, 0.15) is 11.6 Å². The minimum Gasteiger partial charge on any atom is -0.363 e. The van der Waals surface area contributed by atoms with Crippen molar-refractivity contribution < 1.29 is 4.79 Å². The molecule has 1 aliphatic heterocycles. The fourth-order valence-electron chi connectivity index (χ4n) is 4.22. The number of piperidine rings is 1. The van der Waals surface area contributed by atoms with E-state index in [4.69, 9.17) is 9.97 Å². The number of amides is 1. The molecule has 1 atom stereocenters. The van der Waals surface area contributed by atoms with Crippen molar-refractivity contribution in [2.45, 2.75) is 63.8 Å². The highest BCUT2D eigenvalue weighted by Gasteiger charge is 2.21. The summed E-state index contributed by atoms with van der Waals surface area (Å²) in [6, 6.07) is 2.01. The Labute approximate surface area is 163 Å². The lowest BCUT2D eigenvalue weighted by Crippen LogP contribution is -2.31. The fourth-order valence-corrected chi connectivity index (χ4v) is 4.22. The molecule has 1 aliphatic carbocycles. The van der Waals surface area contributed by atoms with E-state index in [9.17, 15) is 4.79 Å². The molecule has 2 heterocycles. The van der Waals surface area contributed by atoms with Crippen LogP contribution in [0, 0.1) is 5.92 Å². The Morgan fingerprint density at radius 3 is 2.59 bits per heavy atom. The molecule has 1 unspecified atom stereocenters. The number of rotatable bonds is 7. The molecule has 150 valence electrons. The van der Waals surface area contributed by atoms with Gasteiger partial charge in [0.15, 0.2) is 0 Å². The van der Waals surface area contributed by atoms with E-state index in [0.717, 1.165) is 55.6 Å². The molecular weight excluding hydrogens is 338 g/mol. The molecule has 6 nitrogen and oxygen atoms in total. The number of nitrogens with zero attached hydrogens (tertiary/aromatic N) is 4. The van der Waals surface area contributed by atoms with Gasteiger partial charge in [-0.2, -0.15) is 0 Å². The Morgan fingerprint density at radius 2 is 1.93 bits per heavy atom. The number of hydrogen-bond acceptors (Lipinski definition) is 5. The third-order valence-corrected chi connectivity index (χ3v) is 5.97. The van der Waals surface area contributed by atoms with Crippen LogP contribution in [0.15, 0.2) is 6.07 Å². The number of aromatic nitrogens is 2. The number of nitrogens with one attached hydrogen (secondary N) is 1. The maximum atomic E-state index is 12.6. The van der Waals surface area contributed by atoms with Gasteiger partial charge in [-0.1, -0.05) is 25.7 Å². The van der Waals surface area contributed by atoms with Crippen LogP contribution in [0.2, 0.25) is 0 Å². The average Bonchev–Trinajstić information content (AvgIpc) is 3.20. The summed E-state index contributed by atoms with van der Waals surface area (Å²) in [6.45, 7) is 2.57. The smallest absolute Gasteiger partial charge is 0.222 e. The molecular formula is C21H35N5O. The summed E-state index contributed by atoms with van der Waals surface area (Å²) < 4.78 is 0. The Balaban J connectivity index is 1.64. The van der Waals surface area contributed by atoms with Gasteiger partial charge in [-0.25, -0.2) is 9.97 Å². The first kappa shape index (κ1) is 20.1. The van der Waals surface area contributed by atoms with Gasteiger partial charge in [0.2, 0.25) is 5.91 Å². The zero-order chi connectivity index (χ0) is 19.2. The lowest BCUT2D eigenvalue weighted by molar-refractivity contribution is -0.130. The normalized spacial score (nSPS) is 20.6. The van der Waals surface area contributed by atoms with Crippen LogP contribution in [-0.2, 0) is 11.3 Å². The van der Waals surface area contributed by atoms with Crippen LogP contribution in [0.1, 0.15) is 68.8 Å². The predicted molar refractivity (Wildman–Crippen MR) is 109 cm³/mol. The third-order valence-electron chi connectivity index (χ3n) is 5.97. The molecule has 0 radical (unpaired) electrons. The van der Waals surface area contributed by atoms with Crippen LogP contribution in [0.4, 0.5) is 5.82 Å². The van der Waals surface area contributed by atoms with Crippen molar-refractivity contribution in [3.05, 3.63) is 17.6 Å². The summed E-state index contributed by atoms with van der Waals surface area (Å²) in [6.07, 6.45) is 9.25. The minimum absolute atomic E-state index is 0.229. The van der Waals surface area contributed by atoms with E-state index in [0.29, 0.717) is 18.9 Å². The van der Waals surface area contributed by atoms with Gasteiger partial charge in [-0.05, 0) is 31.7 Å². The molecule has 3 rings (SSSR count). The Bertz CT molecular complexity index is 621. The van der Waals surface area contributed by atoms with Crippen molar-refractivity contribution >= 4 is 11.7 Å². The Kier molecular flexibility index (Phi) is 7.05. The maximum Gasteiger partial charge on any atom is 0.222 e. The fraction of sp³-hybridized carbons (Fsp3) is 0.762. The van der Waals surface area contributed by atoms with Crippen molar-refractivity contribution in [2.75, 3.05) is 39.1 Å². The summed E-state index contributed by atoms with van der Waals surface area (Å²) >= 11 is 0. The van der Waals surface area contributed by atoms with E-state index in [1.165, 1.54) is 25.7 Å². The molecule has 1 saturated heterocycles. The molecule has 1 saturated carbocycles. The van der Waals surface area contributed by atoms with E-state index in [1.54, 1.807) is 0 Å². The van der Waals surface area contributed by atoms with Gasteiger partial charge >= 0.3 is 0 Å². The van der Waals surface area contributed by atoms with Crippen molar-refractivity contribution in [1.82, 2.24) is 20.2 Å². The minimum atomic E-state index is 0.229. The number of hydrogen-bond donors (Lipinski definition) is 1. The summed E-state index contributed by atoms with van der Waals surface area (Å²) in [7, 11) is 5.91. The highest BCUT2D eigenvalue weighted by atomic mass is 16.2. The highest BCUT2D eigenvalue weighted by molar-refractivity contribution is 5.75. The van der Waals surface area contributed by atoms with Crippen LogP contribution >= 0.6 is 0 Å². The van der Waals surface area contributed by atoms with Crippen LogP contribution < -0.4 is 10.2 Å². The van der Waals surface area contributed by atoms with Crippen LogP contribution in [0.25, 0.3) is 0 Å². The Hall–Kier alpha value is -1.69. The molecule has 2 fully saturated rings. The number of anilines is 1. The molecule has 6 heteroatoms. The van der Waals surface area contributed by atoms with Gasteiger partial charge in [0, 0.05) is 46.1 Å². The Morgan fingerprint density at radius 1 is 1.15 bits per heavy atom. The average molecular weight is 374 g/mol. The second-order valence-electron chi connectivity index (χ2n) is 8.45. The summed E-state index contributed by atoms with van der Waals surface area (Å²) in [5, 5.41) is 3.45. The molecule has 1 N–H and O–H groups in total. The lowest BCUT2D eigenvalue weighted by atomic mass is 9.98. The SMILES string of the molecule is CN(Cc1cc(N(C)C)nc(C2CCCNC2)n1)C(=O)CCC1CCCC1. The van der Waals surface area contributed by atoms with E-state index in [-0.39, 0.29) is 5.91 Å². The molecule has 1 aromatic rings. The summed E-state index contributed by atoms with van der Waals surface area (Å²) in [5.74, 6) is 3.18. The van der Waals surface area contributed by atoms with Gasteiger partial charge in [-0.3, -0.25) is 4.79 Å². The standard InChI is InChI=1S/C21H35N5O/c1-25(2)19-13-18(23-21(24-19)17-9-6-12-22-14-17)15-26(3)20(27)11-10-16-7-4-5-8-16/h13,16-17,22H,4-12,14-15H2,1-3H3. The summed E-state index contributed by atoms with van der Waals surface area (Å²) in [4.78, 5) is 26.0. The van der Waals surface area contributed by atoms with Crippen LogP contribution in [0.3, 0.4) is 0 Å². The van der Waals surface area contributed by atoms with Gasteiger partial charge < -0.3 is 15.1 Å². The molecule has 0 spiro atoms. The van der Waals surface area contributed by atoms with Gasteiger partial charge in [-0.15, -0.1) is 0 Å². The molecule has 1 amide bonds. The van der Waals surface area contributed by atoms with Gasteiger partial charge in [0.05, 0.1) is 12.2 Å². The van der Waals surface area contributed by atoms with E-state index >= 15 is 0 Å². The van der Waals surface area contributed by atoms with Crippen molar-refractivity contribution in [3.63, 3.8) is 0 Å². The first-order chi connectivity index (χ1) is 13.0. The molecule has 27 heavy (non-hydrogen) atoms. The molecule has 1 aromatic heterocycles. The van der Waals surface area contributed by atoms with Crippen LogP contribution in [-0.4, -0.2) is 55.0 Å². The monoisotopic (exact) mass is 373 g/mol. The first-order valence-electron chi connectivity index (χ1n) is 10.5. The number of carbonyl (C=O) groups excluding carboxylic acids is 1. The van der Waals surface area contributed by atoms with E-state index < -0.39 is 0 Å². The lowest BCUT2D eigenvalue weighted by Gasteiger charge is -2.24. The van der Waals surface area contributed by atoms with Crippen molar-refractivity contribution in [1.29, 1.82) is 0 Å². The van der Waals surface area contributed by atoms with Crippen molar-refractivity contribution in [2.24, 2.45) is 5.92 Å². The zero-order valence-electron chi connectivity index (χ0n) is 17.2. The first-order valence-corrected chi connectivity index (χ1v) is 10.5. The topological polar surface area (TPSA) is 61.4 Å². The van der Waals surface area contributed by atoms with Crippen molar-refractivity contribution in [3.8, 4) is 0 Å². The molecule has 0 aromatic carbocycles. The van der Waals surface area contributed by atoms with Crippen LogP contribution in [0.5, 0.6) is 0 Å². The van der Waals surface area contributed by atoms with Gasteiger partial charge in [0.25, 0.3) is 0 Å². The number of carbonyl (C=O) groups is 1. The largest absolute Gasteiger partial charge is 0.363 e. The second-order valence-corrected chi connectivity index (χ2v) is 8.45. The zero-order valence-corrected chi connectivity index (χ0v) is 17.2. The highest BCUT2D eigenvalue weighted by Crippen LogP contribution is 2.29. The second kappa shape index (κ2) is 9.49.